The van der Waals surface area contributed by atoms with E-state index in [9.17, 15) is 0 Å². The summed E-state index contributed by atoms with van der Waals surface area (Å²) in [7, 11) is 2.03. The van der Waals surface area contributed by atoms with Crippen molar-refractivity contribution in [2.75, 3.05) is 0 Å². The van der Waals surface area contributed by atoms with Crippen molar-refractivity contribution in [3.8, 4) is 0 Å². The topological polar surface area (TPSA) is 56.2 Å². The molecule has 1 aromatic heterocycles. The zero-order valence-electron chi connectivity index (χ0n) is 10.1. The Balaban J connectivity index is 2.55. The van der Waals surface area contributed by atoms with E-state index in [1.807, 2.05) is 20.9 Å². The highest BCUT2D eigenvalue weighted by Gasteiger charge is 2.15. The van der Waals surface area contributed by atoms with Gasteiger partial charge in [0.25, 0.3) is 0 Å². The molecule has 2 rings (SSSR count). The fourth-order valence-electron chi connectivity index (χ4n) is 2.02. The van der Waals surface area contributed by atoms with Gasteiger partial charge in [-0.2, -0.15) is 0 Å². The molecule has 0 saturated heterocycles. The highest BCUT2D eigenvalue weighted by molar-refractivity contribution is 5.97. The van der Waals surface area contributed by atoms with Gasteiger partial charge in [-0.15, -0.1) is 0 Å². The lowest BCUT2D eigenvalue weighted by Gasteiger charge is -2.04. The third-order valence-corrected chi connectivity index (χ3v) is 3.03. The molecule has 86 valence electrons. The Morgan fingerprint density at radius 1 is 1.38 bits per heavy atom. The summed E-state index contributed by atoms with van der Waals surface area (Å²) in [5.41, 5.74) is 9.02. The minimum absolute atomic E-state index is 0.536. The van der Waals surface area contributed by atoms with Crippen molar-refractivity contribution in [1.82, 2.24) is 9.55 Å². The van der Waals surface area contributed by atoms with Crippen molar-refractivity contribution in [2.24, 2.45) is 17.8 Å². The maximum absolute atomic E-state index is 5.99. The van der Waals surface area contributed by atoms with Gasteiger partial charge in [0.2, 0.25) is 0 Å². The van der Waals surface area contributed by atoms with Crippen molar-refractivity contribution >= 4 is 5.84 Å². The lowest BCUT2D eigenvalue weighted by atomic mass is 10.1. The first-order chi connectivity index (χ1) is 7.59. The number of hydrogen-bond donors (Lipinski definition) is 1. The molecule has 2 N–H and O–H groups in total. The molecule has 0 bridgehead atoms. The molecular weight excluding hydrogens is 200 g/mol. The van der Waals surface area contributed by atoms with Gasteiger partial charge < -0.3 is 10.3 Å². The van der Waals surface area contributed by atoms with Crippen molar-refractivity contribution in [1.29, 1.82) is 0 Å². The summed E-state index contributed by atoms with van der Waals surface area (Å²) in [6.07, 6.45) is 5.30. The van der Waals surface area contributed by atoms with Crippen molar-refractivity contribution in [3.05, 3.63) is 29.0 Å². The molecule has 0 saturated carbocycles. The van der Waals surface area contributed by atoms with Gasteiger partial charge in [-0.25, -0.2) is 9.98 Å². The number of fused-ring (bicyclic) bond motifs is 1. The van der Waals surface area contributed by atoms with Crippen LogP contribution in [-0.4, -0.2) is 15.4 Å². The Morgan fingerprint density at radius 2 is 2.12 bits per heavy atom. The Hall–Kier alpha value is -1.58. The number of rotatable bonds is 0. The minimum atomic E-state index is 0.536. The number of nitrogens with zero attached hydrogens (tertiary/aromatic N) is 3. The van der Waals surface area contributed by atoms with E-state index in [1.165, 1.54) is 5.69 Å². The Kier molecular flexibility index (Phi) is 2.81. The van der Waals surface area contributed by atoms with E-state index < -0.39 is 0 Å². The van der Waals surface area contributed by atoms with Crippen LogP contribution in [0.25, 0.3) is 0 Å². The second kappa shape index (κ2) is 4.12. The van der Waals surface area contributed by atoms with Gasteiger partial charge >= 0.3 is 0 Å². The number of aromatic nitrogens is 2. The van der Waals surface area contributed by atoms with E-state index in [1.54, 1.807) is 0 Å². The summed E-state index contributed by atoms with van der Waals surface area (Å²) in [6.45, 7) is 3.97. The van der Waals surface area contributed by atoms with Crippen LogP contribution in [0.1, 0.15) is 37.0 Å². The highest BCUT2D eigenvalue weighted by Crippen LogP contribution is 2.16. The summed E-state index contributed by atoms with van der Waals surface area (Å²) in [5, 5.41) is 0. The van der Waals surface area contributed by atoms with E-state index in [2.05, 4.69) is 20.6 Å². The Labute approximate surface area is 95.9 Å². The number of amidine groups is 1. The molecule has 0 amide bonds. The molecule has 1 aliphatic heterocycles. The number of aryl methyl sites for hydroxylation is 1. The molecule has 1 aliphatic rings. The fourth-order valence-corrected chi connectivity index (χ4v) is 2.02. The molecule has 1 aromatic rings. The Bertz CT molecular complexity index is 466. The van der Waals surface area contributed by atoms with Crippen LogP contribution in [-0.2, 0) is 13.5 Å². The molecule has 2 heterocycles. The standard InChI is InChI=1S/C12H18N4/c1-8-6-4-5-7-10-11(12(13)14-8)15-9(2)16(10)3/h6H,4-5,7H2,1-3H3,(H2,13,14)/b8-6+. The van der Waals surface area contributed by atoms with Gasteiger partial charge in [0.15, 0.2) is 5.84 Å². The van der Waals surface area contributed by atoms with Gasteiger partial charge in [0.05, 0.1) is 0 Å². The minimum Gasteiger partial charge on any atom is -0.382 e. The van der Waals surface area contributed by atoms with Crippen LogP contribution in [0.2, 0.25) is 0 Å². The quantitative estimate of drug-likeness (QED) is 0.720. The van der Waals surface area contributed by atoms with Crippen molar-refractivity contribution in [3.63, 3.8) is 0 Å². The lowest BCUT2D eigenvalue weighted by molar-refractivity contribution is 0.739. The fraction of sp³-hybridized carbons (Fsp3) is 0.500. The number of nitrogens with two attached hydrogens (primary N) is 1. The normalized spacial score (nSPS) is 23.2. The third kappa shape index (κ3) is 1.87. The van der Waals surface area contributed by atoms with Crippen LogP contribution < -0.4 is 5.73 Å². The molecule has 0 unspecified atom stereocenters. The molecule has 0 atom stereocenters. The lowest BCUT2D eigenvalue weighted by Crippen LogP contribution is -2.16. The summed E-state index contributed by atoms with van der Waals surface area (Å²) >= 11 is 0. The monoisotopic (exact) mass is 218 g/mol. The predicted molar refractivity (Wildman–Crippen MR) is 65.4 cm³/mol. The van der Waals surface area contributed by atoms with Gasteiger partial charge in [-0.1, -0.05) is 6.08 Å². The van der Waals surface area contributed by atoms with Gasteiger partial charge in [0, 0.05) is 18.4 Å². The predicted octanol–water partition coefficient (Wildman–Crippen LogP) is 1.67. The average molecular weight is 218 g/mol. The highest BCUT2D eigenvalue weighted by atomic mass is 15.1. The largest absolute Gasteiger partial charge is 0.382 e. The number of imidazole rings is 1. The maximum Gasteiger partial charge on any atom is 0.151 e. The first-order valence-corrected chi connectivity index (χ1v) is 5.63. The summed E-state index contributed by atoms with van der Waals surface area (Å²) in [4.78, 5) is 8.86. The average Bonchev–Trinajstić information content (AvgIpc) is 2.53. The molecule has 0 spiro atoms. The first kappa shape index (κ1) is 10.9. The number of hydrogen-bond acceptors (Lipinski definition) is 3. The molecule has 0 aromatic carbocycles. The third-order valence-electron chi connectivity index (χ3n) is 3.03. The summed E-state index contributed by atoms with van der Waals surface area (Å²) in [5.74, 6) is 1.53. The van der Waals surface area contributed by atoms with E-state index in [-0.39, 0.29) is 0 Å². The molecule has 0 radical (unpaired) electrons. The van der Waals surface area contributed by atoms with Crippen LogP contribution in [0, 0.1) is 6.92 Å². The number of aliphatic imine (C=N–C) groups is 1. The Morgan fingerprint density at radius 3 is 2.88 bits per heavy atom. The SMILES string of the molecule is CC1=C\CCCc2c(nc(C)n2C)/C(N)=N\1. The molecule has 4 nitrogen and oxygen atoms in total. The van der Waals surface area contributed by atoms with E-state index >= 15 is 0 Å². The van der Waals surface area contributed by atoms with Crippen LogP contribution in [0.3, 0.4) is 0 Å². The zero-order valence-corrected chi connectivity index (χ0v) is 10.1. The van der Waals surface area contributed by atoms with Gasteiger partial charge in [0.1, 0.15) is 11.5 Å². The molecule has 0 aliphatic carbocycles. The summed E-state index contributed by atoms with van der Waals surface area (Å²) < 4.78 is 2.11. The maximum atomic E-state index is 5.99. The molecular formula is C12H18N4. The zero-order chi connectivity index (χ0) is 11.7. The van der Waals surface area contributed by atoms with Crippen LogP contribution >= 0.6 is 0 Å². The van der Waals surface area contributed by atoms with Crippen LogP contribution in [0.15, 0.2) is 16.8 Å². The molecule has 0 fully saturated rings. The van der Waals surface area contributed by atoms with Crippen molar-refractivity contribution in [2.45, 2.75) is 33.1 Å². The van der Waals surface area contributed by atoms with Gasteiger partial charge in [-0.3, -0.25) is 0 Å². The smallest absolute Gasteiger partial charge is 0.151 e. The van der Waals surface area contributed by atoms with E-state index in [4.69, 9.17) is 5.73 Å². The van der Waals surface area contributed by atoms with Gasteiger partial charge in [-0.05, 0) is 33.1 Å². The second-order valence-electron chi connectivity index (χ2n) is 4.25. The summed E-state index contributed by atoms with van der Waals surface area (Å²) in [6, 6.07) is 0. The van der Waals surface area contributed by atoms with E-state index in [0.717, 1.165) is 36.5 Å². The first-order valence-electron chi connectivity index (χ1n) is 5.63. The van der Waals surface area contributed by atoms with Crippen LogP contribution in [0.4, 0.5) is 0 Å². The van der Waals surface area contributed by atoms with Crippen LogP contribution in [0.5, 0.6) is 0 Å². The molecule has 16 heavy (non-hydrogen) atoms. The molecule has 4 heteroatoms. The second-order valence-corrected chi connectivity index (χ2v) is 4.25. The van der Waals surface area contributed by atoms with E-state index in [0.29, 0.717) is 5.84 Å². The number of allylic oxidation sites excluding steroid dienone is 2. The van der Waals surface area contributed by atoms with Crippen molar-refractivity contribution < 1.29 is 0 Å².